The van der Waals surface area contributed by atoms with Gasteiger partial charge in [0.15, 0.2) is 0 Å². The Kier molecular flexibility index (Phi) is 5.46. The van der Waals surface area contributed by atoms with E-state index in [1.54, 1.807) is 6.07 Å². The van der Waals surface area contributed by atoms with Crippen LogP contribution in [0, 0.1) is 0 Å². The van der Waals surface area contributed by atoms with Crippen LogP contribution in [0.25, 0.3) is 0 Å². The number of alkyl halides is 1. The van der Waals surface area contributed by atoms with Crippen LogP contribution in [0.5, 0.6) is 0 Å². The first kappa shape index (κ1) is 15.4. The summed E-state index contributed by atoms with van der Waals surface area (Å²) < 4.78 is 26.9. The summed E-state index contributed by atoms with van der Waals surface area (Å²) in [5.41, 5.74) is 0. The molecule has 0 bridgehead atoms. The van der Waals surface area contributed by atoms with E-state index in [2.05, 4.69) is 15.9 Å². The molecule has 3 nitrogen and oxygen atoms in total. The predicted molar refractivity (Wildman–Crippen MR) is 76.3 cm³/mol. The minimum Gasteiger partial charge on any atom is -0.207 e. The monoisotopic (exact) mass is 359 g/mol. The van der Waals surface area contributed by atoms with Crippen LogP contribution in [0.3, 0.4) is 0 Å². The summed E-state index contributed by atoms with van der Waals surface area (Å²) in [6, 6.07) is 1.58. The van der Waals surface area contributed by atoms with E-state index in [0.29, 0.717) is 21.1 Å². The Morgan fingerprint density at radius 1 is 1.53 bits per heavy atom. The van der Waals surface area contributed by atoms with Gasteiger partial charge in [0.1, 0.15) is 4.90 Å². The summed E-state index contributed by atoms with van der Waals surface area (Å²) in [5.74, 6) is 0.326. The fourth-order valence-electron chi connectivity index (χ4n) is 1.58. The average Bonchev–Trinajstić information content (AvgIpc) is 2.60. The maximum absolute atomic E-state index is 12.4. The molecule has 0 aliphatic carbocycles. The van der Waals surface area contributed by atoms with Gasteiger partial charge < -0.3 is 0 Å². The van der Waals surface area contributed by atoms with Crippen molar-refractivity contribution in [2.24, 2.45) is 0 Å². The zero-order valence-corrected chi connectivity index (χ0v) is 13.9. The van der Waals surface area contributed by atoms with E-state index in [1.807, 2.05) is 20.8 Å². The first-order valence-electron chi connectivity index (χ1n) is 5.20. The van der Waals surface area contributed by atoms with Crippen molar-refractivity contribution in [3.63, 3.8) is 0 Å². The third-order valence-electron chi connectivity index (χ3n) is 2.31. The summed E-state index contributed by atoms with van der Waals surface area (Å²) in [5, 5.41) is 0. The number of sulfonamides is 1. The molecule has 1 aromatic heterocycles. The Bertz CT molecular complexity index is 484. The molecule has 0 unspecified atom stereocenters. The summed E-state index contributed by atoms with van der Waals surface area (Å²) in [4.78, 5) is 1.16. The molecule has 0 spiro atoms. The number of thiophene rings is 1. The lowest BCUT2D eigenvalue weighted by Gasteiger charge is -2.23. The standard InChI is InChI=1S/C10H15BrClNO2S2/c1-4-13(7(2)3)17(14,15)9-5-8(6-12)16-10(9)11/h5,7H,4,6H2,1-3H3. The van der Waals surface area contributed by atoms with Crippen LogP contribution >= 0.6 is 38.9 Å². The lowest BCUT2D eigenvalue weighted by atomic mass is 10.4. The van der Waals surface area contributed by atoms with Crippen molar-refractivity contribution in [3.8, 4) is 0 Å². The summed E-state index contributed by atoms with van der Waals surface area (Å²) in [7, 11) is -3.43. The third-order valence-corrected chi connectivity index (χ3v) is 7.16. The van der Waals surface area contributed by atoms with Gasteiger partial charge in [0.25, 0.3) is 0 Å². The van der Waals surface area contributed by atoms with Crippen molar-refractivity contribution in [2.45, 2.75) is 37.6 Å². The van der Waals surface area contributed by atoms with Gasteiger partial charge in [-0.25, -0.2) is 8.42 Å². The Morgan fingerprint density at radius 3 is 2.47 bits per heavy atom. The molecule has 17 heavy (non-hydrogen) atoms. The molecule has 0 aliphatic rings. The largest absolute Gasteiger partial charge is 0.245 e. The Morgan fingerprint density at radius 2 is 2.12 bits per heavy atom. The average molecular weight is 361 g/mol. The van der Waals surface area contributed by atoms with Crippen LogP contribution in [0.4, 0.5) is 0 Å². The molecule has 0 aliphatic heterocycles. The summed E-state index contributed by atoms with van der Waals surface area (Å²) in [6.07, 6.45) is 0. The Labute approximate surface area is 120 Å². The van der Waals surface area contributed by atoms with Gasteiger partial charge in [-0.15, -0.1) is 22.9 Å². The summed E-state index contributed by atoms with van der Waals surface area (Å²) in [6.45, 7) is 6.02. The molecule has 0 aromatic carbocycles. The van der Waals surface area contributed by atoms with Gasteiger partial charge in [0.2, 0.25) is 10.0 Å². The van der Waals surface area contributed by atoms with Crippen LogP contribution in [0.2, 0.25) is 0 Å². The predicted octanol–water partition coefficient (Wildman–Crippen LogP) is 3.67. The fraction of sp³-hybridized carbons (Fsp3) is 0.600. The van der Waals surface area contributed by atoms with Crippen molar-refractivity contribution in [1.29, 1.82) is 0 Å². The van der Waals surface area contributed by atoms with Crippen LogP contribution in [0.1, 0.15) is 25.6 Å². The van der Waals surface area contributed by atoms with E-state index in [0.717, 1.165) is 4.88 Å². The lowest BCUT2D eigenvalue weighted by molar-refractivity contribution is 0.369. The van der Waals surface area contributed by atoms with E-state index in [-0.39, 0.29) is 6.04 Å². The zero-order valence-electron chi connectivity index (χ0n) is 9.91. The molecule has 0 fully saturated rings. The second-order valence-electron chi connectivity index (χ2n) is 3.79. The number of rotatable bonds is 5. The van der Waals surface area contributed by atoms with Crippen molar-refractivity contribution < 1.29 is 8.42 Å². The molecular formula is C10H15BrClNO2S2. The van der Waals surface area contributed by atoms with Crippen LogP contribution in [-0.2, 0) is 15.9 Å². The smallest absolute Gasteiger partial charge is 0.207 e. The first-order chi connectivity index (χ1) is 7.84. The molecule has 0 radical (unpaired) electrons. The van der Waals surface area contributed by atoms with Gasteiger partial charge in [-0.2, -0.15) is 4.31 Å². The highest BCUT2D eigenvalue weighted by Gasteiger charge is 2.29. The number of halogens is 2. The topological polar surface area (TPSA) is 37.4 Å². The van der Waals surface area contributed by atoms with Gasteiger partial charge in [-0.3, -0.25) is 0 Å². The number of hydrogen-bond donors (Lipinski definition) is 0. The first-order valence-corrected chi connectivity index (χ1v) is 8.79. The van der Waals surface area contributed by atoms with Gasteiger partial charge >= 0.3 is 0 Å². The molecule has 1 aromatic rings. The lowest BCUT2D eigenvalue weighted by Crippen LogP contribution is -2.36. The highest BCUT2D eigenvalue weighted by Crippen LogP contribution is 2.34. The molecule has 1 heterocycles. The van der Waals surface area contributed by atoms with E-state index in [9.17, 15) is 8.42 Å². The van der Waals surface area contributed by atoms with Gasteiger partial charge in [-0.05, 0) is 35.8 Å². The van der Waals surface area contributed by atoms with Crippen molar-refractivity contribution in [1.82, 2.24) is 4.31 Å². The van der Waals surface area contributed by atoms with Crippen molar-refractivity contribution in [3.05, 3.63) is 14.7 Å². The Balaban J connectivity index is 3.24. The maximum atomic E-state index is 12.4. The molecule has 0 amide bonds. The summed E-state index contributed by atoms with van der Waals surface area (Å²) >= 11 is 10.4. The van der Waals surface area contributed by atoms with Gasteiger partial charge in [-0.1, -0.05) is 6.92 Å². The molecule has 98 valence electrons. The fourth-order valence-corrected chi connectivity index (χ4v) is 5.95. The maximum Gasteiger partial charge on any atom is 0.245 e. The molecule has 0 N–H and O–H groups in total. The normalized spacial score (nSPS) is 12.6. The van der Waals surface area contributed by atoms with Crippen LogP contribution < -0.4 is 0 Å². The van der Waals surface area contributed by atoms with E-state index >= 15 is 0 Å². The van der Waals surface area contributed by atoms with E-state index in [1.165, 1.54) is 15.6 Å². The molecular weight excluding hydrogens is 346 g/mol. The third kappa shape index (κ3) is 3.23. The quantitative estimate of drug-likeness (QED) is 0.751. The van der Waals surface area contributed by atoms with E-state index < -0.39 is 10.0 Å². The van der Waals surface area contributed by atoms with Crippen molar-refractivity contribution in [2.75, 3.05) is 6.54 Å². The number of hydrogen-bond acceptors (Lipinski definition) is 3. The molecule has 0 saturated heterocycles. The highest BCUT2D eigenvalue weighted by molar-refractivity contribution is 9.11. The molecule has 1 rings (SSSR count). The van der Waals surface area contributed by atoms with Crippen molar-refractivity contribution >= 4 is 48.9 Å². The molecule has 0 saturated carbocycles. The van der Waals surface area contributed by atoms with Gasteiger partial charge in [0.05, 0.1) is 9.67 Å². The second kappa shape index (κ2) is 6.02. The van der Waals surface area contributed by atoms with E-state index in [4.69, 9.17) is 11.6 Å². The molecule has 0 atom stereocenters. The minimum atomic E-state index is -3.43. The second-order valence-corrected chi connectivity index (χ2v) is 8.37. The SMILES string of the molecule is CCN(C(C)C)S(=O)(=O)c1cc(CCl)sc1Br. The number of nitrogens with zero attached hydrogens (tertiary/aromatic N) is 1. The minimum absolute atomic E-state index is 0.0590. The van der Waals surface area contributed by atoms with Crippen LogP contribution in [-0.4, -0.2) is 25.3 Å². The zero-order chi connectivity index (χ0) is 13.2. The molecule has 7 heteroatoms. The van der Waals surface area contributed by atoms with Crippen LogP contribution in [0.15, 0.2) is 14.7 Å². The Hall–Kier alpha value is 0.380. The highest BCUT2D eigenvalue weighted by atomic mass is 79.9. The van der Waals surface area contributed by atoms with Gasteiger partial charge in [0, 0.05) is 17.5 Å².